The fourth-order valence-electron chi connectivity index (χ4n) is 3.67. The number of nitrogens with one attached hydrogen (secondary N) is 1. The highest BCUT2D eigenvalue weighted by Crippen LogP contribution is 2.41. The summed E-state index contributed by atoms with van der Waals surface area (Å²) in [5.41, 5.74) is 1.84. The predicted molar refractivity (Wildman–Crippen MR) is 83.0 cm³/mol. The Morgan fingerprint density at radius 1 is 1.32 bits per heavy atom. The van der Waals surface area contributed by atoms with Gasteiger partial charge < -0.3 is 4.57 Å². The van der Waals surface area contributed by atoms with Crippen LogP contribution in [0.2, 0.25) is 0 Å². The Hall–Kier alpha value is -2.61. The summed E-state index contributed by atoms with van der Waals surface area (Å²) in [4.78, 5) is 16.8. The zero-order chi connectivity index (χ0) is 15.1. The number of imidazole rings is 1. The number of para-hydroxylation sites is 2. The molecule has 22 heavy (non-hydrogen) atoms. The Morgan fingerprint density at radius 3 is 2.95 bits per heavy atom. The zero-order valence-corrected chi connectivity index (χ0v) is 12.1. The number of fused-ring (bicyclic) bond motifs is 3. The van der Waals surface area contributed by atoms with E-state index in [-0.39, 0.29) is 17.9 Å². The fraction of sp³-hybridized carbons (Fsp3) is 0.353. The molecule has 0 saturated heterocycles. The van der Waals surface area contributed by atoms with E-state index < -0.39 is 5.92 Å². The second kappa shape index (κ2) is 4.99. The molecule has 4 rings (SSSR count). The molecular formula is C17H16N4O. The number of amides is 1. The number of anilines is 1. The van der Waals surface area contributed by atoms with Gasteiger partial charge in [-0.05, 0) is 37.3 Å². The molecule has 2 aliphatic rings. The summed E-state index contributed by atoms with van der Waals surface area (Å²) < 4.78 is 2.06. The van der Waals surface area contributed by atoms with Crippen molar-refractivity contribution in [1.82, 2.24) is 9.55 Å². The molecule has 5 heteroatoms. The van der Waals surface area contributed by atoms with Crippen molar-refractivity contribution in [3.63, 3.8) is 0 Å². The van der Waals surface area contributed by atoms with Crippen molar-refractivity contribution in [2.24, 2.45) is 11.8 Å². The van der Waals surface area contributed by atoms with E-state index in [1.807, 2.05) is 24.3 Å². The van der Waals surface area contributed by atoms with Crippen LogP contribution < -0.4 is 5.32 Å². The van der Waals surface area contributed by atoms with Crippen molar-refractivity contribution in [1.29, 1.82) is 5.26 Å². The van der Waals surface area contributed by atoms with Crippen LogP contribution in [0.1, 0.15) is 25.3 Å². The van der Waals surface area contributed by atoms with Gasteiger partial charge in [0.05, 0.1) is 23.1 Å². The number of benzene rings is 1. The minimum Gasteiger partial charge on any atom is -0.305 e. The highest BCUT2D eigenvalue weighted by atomic mass is 16.2. The average molecular weight is 292 g/mol. The van der Waals surface area contributed by atoms with Crippen LogP contribution >= 0.6 is 0 Å². The van der Waals surface area contributed by atoms with Crippen LogP contribution in [0.5, 0.6) is 0 Å². The van der Waals surface area contributed by atoms with Crippen LogP contribution in [0, 0.1) is 23.2 Å². The molecule has 1 aromatic heterocycles. The van der Waals surface area contributed by atoms with Gasteiger partial charge in [-0.25, -0.2) is 4.98 Å². The Kier molecular flexibility index (Phi) is 2.97. The molecule has 1 aliphatic carbocycles. The van der Waals surface area contributed by atoms with Gasteiger partial charge in [-0.2, -0.15) is 5.26 Å². The largest absolute Gasteiger partial charge is 0.305 e. The van der Waals surface area contributed by atoms with Crippen molar-refractivity contribution in [3.05, 3.63) is 36.4 Å². The maximum Gasteiger partial charge on any atom is 0.246 e. The first-order valence-electron chi connectivity index (χ1n) is 7.62. The molecule has 5 nitrogen and oxygen atoms in total. The molecule has 0 radical (unpaired) electrons. The van der Waals surface area contributed by atoms with Crippen molar-refractivity contribution in [2.75, 3.05) is 5.32 Å². The smallest absolute Gasteiger partial charge is 0.246 e. The lowest BCUT2D eigenvalue weighted by atomic mass is 9.80. The standard InChI is InChI=1S/C17H16N4O/c18-10-12-15(11-6-2-1-3-7-11)21-14-9-5-4-8-13(14)19-17(21)20-16(12)22/h1-2,4-5,8-9,11-12,15H,3,6-7H2,(H,19,20,22)/t11-,12-,15+/m0/s1. The van der Waals surface area contributed by atoms with E-state index in [9.17, 15) is 10.1 Å². The van der Waals surface area contributed by atoms with Crippen LogP contribution in [0.3, 0.4) is 0 Å². The summed E-state index contributed by atoms with van der Waals surface area (Å²) >= 11 is 0. The third-order valence-corrected chi connectivity index (χ3v) is 4.68. The number of rotatable bonds is 1. The number of hydrogen-bond acceptors (Lipinski definition) is 3. The van der Waals surface area contributed by atoms with E-state index in [0.717, 1.165) is 30.3 Å². The Morgan fingerprint density at radius 2 is 2.18 bits per heavy atom. The summed E-state index contributed by atoms with van der Waals surface area (Å²) in [5.74, 6) is -0.0409. The minimum absolute atomic E-state index is 0.147. The number of carbonyl (C=O) groups is 1. The first-order valence-corrected chi connectivity index (χ1v) is 7.62. The number of hydrogen-bond donors (Lipinski definition) is 1. The Bertz CT molecular complexity index is 814. The SMILES string of the molecule is N#C[C@@H]1C(=O)Nc2nc3ccccc3n2[C@@H]1[C@H]1CC=CCC1. The van der Waals surface area contributed by atoms with E-state index in [1.54, 1.807) is 0 Å². The molecule has 0 unspecified atom stereocenters. The second-order valence-electron chi connectivity index (χ2n) is 5.93. The number of nitriles is 1. The monoisotopic (exact) mass is 292 g/mol. The van der Waals surface area contributed by atoms with Gasteiger partial charge in [0, 0.05) is 0 Å². The van der Waals surface area contributed by atoms with Gasteiger partial charge in [0.2, 0.25) is 11.9 Å². The van der Waals surface area contributed by atoms with E-state index in [1.165, 1.54) is 0 Å². The lowest BCUT2D eigenvalue weighted by Crippen LogP contribution is -2.40. The summed E-state index contributed by atoms with van der Waals surface area (Å²) in [6.45, 7) is 0. The van der Waals surface area contributed by atoms with Crippen LogP contribution in [-0.4, -0.2) is 15.5 Å². The van der Waals surface area contributed by atoms with Gasteiger partial charge in [0.25, 0.3) is 0 Å². The average Bonchev–Trinajstić information content (AvgIpc) is 2.92. The van der Waals surface area contributed by atoms with Gasteiger partial charge in [-0.3, -0.25) is 10.1 Å². The molecule has 3 atom stereocenters. The molecule has 1 N–H and O–H groups in total. The minimum atomic E-state index is -0.665. The molecule has 1 aromatic carbocycles. The predicted octanol–water partition coefficient (Wildman–Crippen LogP) is 3.03. The van der Waals surface area contributed by atoms with E-state index in [0.29, 0.717) is 5.95 Å². The molecule has 0 spiro atoms. The lowest BCUT2D eigenvalue weighted by molar-refractivity contribution is -0.120. The third kappa shape index (κ3) is 1.84. The summed E-state index contributed by atoms with van der Waals surface area (Å²) in [6, 6.07) is 9.90. The van der Waals surface area contributed by atoms with Gasteiger partial charge in [0.1, 0.15) is 5.92 Å². The maximum atomic E-state index is 12.3. The number of nitrogens with zero attached hydrogens (tertiary/aromatic N) is 3. The zero-order valence-electron chi connectivity index (χ0n) is 12.1. The van der Waals surface area contributed by atoms with Gasteiger partial charge in [-0.1, -0.05) is 24.3 Å². The second-order valence-corrected chi connectivity index (χ2v) is 5.93. The topological polar surface area (TPSA) is 70.7 Å². The lowest BCUT2D eigenvalue weighted by Gasteiger charge is -2.36. The molecule has 1 amide bonds. The quantitative estimate of drug-likeness (QED) is 0.821. The van der Waals surface area contributed by atoms with Crippen molar-refractivity contribution < 1.29 is 4.79 Å². The first kappa shape index (κ1) is 13.1. The van der Waals surface area contributed by atoms with Crippen molar-refractivity contribution >= 4 is 22.9 Å². The molecule has 2 heterocycles. The van der Waals surface area contributed by atoms with E-state index >= 15 is 0 Å². The molecule has 0 fully saturated rings. The summed E-state index contributed by atoms with van der Waals surface area (Å²) in [6.07, 6.45) is 7.24. The highest BCUT2D eigenvalue weighted by Gasteiger charge is 2.41. The van der Waals surface area contributed by atoms with E-state index in [4.69, 9.17) is 0 Å². The van der Waals surface area contributed by atoms with Crippen molar-refractivity contribution in [3.8, 4) is 6.07 Å². The summed E-state index contributed by atoms with van der Waals surface area (Å²) in [7, 11) is 0. The normalized spacial score (nSPS) is 27.2. The molecule has 2 aromatic rings. The number of aromatic nitrogens is 2. The Labute approximate surface area is 128 Å². The van der Waals surface area contributed by atoms with Crippen LogP contribution in [0.25, 0.3) is 11.0 Å². The molecule has 110 valence electrons. The van der Waals surface area contributed by atoms with Gasteiger partial charge >= 0.3 is 0 Å². The van der Waals surface area contributed by atoms with Crippen LogP contribution in [-0.2, 0) is 4.79 Å². The molecule has 1 aliphatic heterocycles. The number of carbonyl (C=O) groups excluding carboxylic acids is 1. The summed E-state index contributed by atoms with van der Waals surface area (Å²) in [5, 5.41) is 12.3. The van der Waals surface area contributed by atoms with Crippen LogP contribution in [0.15, 0.2) is 36.4 Å². The molecule has 0 saturated carbocycles. The molecular weight excluding hydrogens is 276 g/mol. The van der Waals surface area contributed by atoms with Gasteiger partial charge in [-0.15, -0.1) is 0 Å². The fourth-order valence-corrected chi connectivity index (χ4v) is 3.67. The molecule has 0 bridgehead atoms. The third-order valence-electron chi connectivity index (χ3n) is 4.68. The van der Waals surface area contributed by atoms with Crippen LogP contribution in [0.4, 0.5) is 5.95 Å². The van der Waals surface area contributed by atoms with Gasteiger partial charge in [0.15, 0.2) is 0 Å². The first-order chi connectivity index (χ1) is 10.8. The highest BCUT2D eigenvalue weighted by molar-refractivity contribution is 5.97. The Balaban J connectivity index is 1.92. The van der Waals surface area contributed by atoms with E-state index in [2.05, 4.69) is 33.1 Å². The number of allylic oxidation sites excluding steroid dienone is 2. The van der Waals surface area contributed by atoms with Crippen molar-refractivity contribution in [2.45, 2.75) is 25.3 Å². The maximum absolute atomic E-state index is 12.3.